The van der Waals surface area contributed by atoms with Crippen molar-refractivity contribution in [3.8, 4) is 0 Å². The SMILES string of the molecule is C[C@@H](C(=O)Nc1ccc(Cl)cn1)[C@H]1CC[C@H](c2ccnc3ccccc32)CC1. The van der Waals surface area contributed by atoms with Crippen molar-refractivity contribution in [3.63, 3.8) is 0 Å². The van der Waals surface area contributed by atoms with Gasteiger partial charge in [0, 0.05) is 23.7 Å². The van der Waals surface area contributed by atoms with Gasteiger partial charge in [-0.1, -0.05) is 36.7 Å². The highest BCUT2D eigenvalue weighted by atomic mass is 35.5. The second kappa shape index (κ2) is 8.27. The lowest BCUT2D eigenvalue weighted by atomic mass is 9.73. The van der Waals surface area contributed by atoms with Crippen molar-refractivity contribution in [1.82, 2.24) is 9.97 Å². The minimum absolute atomic E-state index is 0.0346. The number of halogens is 1. The van der Waals surface area contributed by atoms with Gasteiger partial charge in [0.05, 0.1) is 10.5 Å². The second-order valence-electron chi connectivity index (χ2n) is 7.67. The lowest BCUT2D eigenvalue weighted by Crippen LogP contribution is -2.29. The average molecular weight is 394 g/mol. The molecule has 1 aliphatic rings. The molecule has 1 N–H and O–H groups in total. The van der Waals surface area contributed by atoms with Crippen LogP contribution in [-0.2, 0) is 4.79 Å². The molecule has 28 heavy (non-hydrogen) atoms. The molecular formula is C23H24ClN3O. The number of pyridine rings is 2. The Bertz CT molecular complexity index is 960. The van der Waals surface area contributed by atoms with Gasteiger partial charge < -0.3 is 5.32 Å². The Morgan fingerprint density at radius 1 is 1.07 bits per heavy atom. The highest BCUT2D eigenvalue weighted by Crippen LogP contribution is 2.40. The molecule has 0 unspecified atom stereocenters. The van der Waals surface area contributed by atoms with Gasteiger partial charge in [-0.15, -0.1) is 0 Å². The fourth-order valence-corrected chi connectivity index (χ4v) is 4.42. The Labute approximate surface area is 170 Å². The zero-order valence-corrected chi connectivity index (χ0v) is 16.7. The van der Waals surface area contributed by atoms with E-state index in [9.17, 15) is 4.79 Å². The number of benzene rings is 1. The number of hydrogen-bond acceptors (Lipinski definition) is 3. The highest BCUT2D eigenvalue weighted by molar-refractivity contribution is 6.30. The van der Waals surface area contributed by atoms with Gasteiger partial charge in [0.2, 0.25) is 5.91 Å². The molecule has 4 nitrogen and oxygen atoms in total. The molecule has 2 aromatic heterocycles. The van der Waals surface area contributed by atoms with Gasteiger partial charge in [-0.05, 0) is 67.3 Å². The number of amides is 1. The fraction of sp³-hybridized carbons (Fsp3) is 0.348. The van der Waals surface area contributed by atoms with E-state index in [2.05, 4.69) is 39.6 Å². The van der Waals surface area contributed by atoms with Crippen molar-refractivity contribution in [2.75, 3.05) is 5.32 Å². The molecule has 1 amide bonds. The monoisotopic (exact) mass is 393 g/mol. The van der Waals surface area contributed by atoms with Gasteiger partial charge in [-0.3, -0.25) is 9.78 Å². The molecule has 1 atom stereocenters. The van der Waals surface area contributed by atoms with Crippen molar-refractivity contribution in [2.45, 2.75) is 38.5 Å². The lowest BCUT2D eigenvalue weighted by Gasteiger charge is -2.32. The standard InChI is InChI=1S/C23H24ClN3O/c1-15(23(28)27-22-11-10-18(24)14-26-22)16-6-8-17(9-7-16)19-12-13-25-21-5-3-2-4-20(19)21/h2-5,10-17H,6-9H2,1H3,(H,26,27,28)/t15-,16-,17-/m1/s1. The average Bonchev–Trinajstić information content (AvgIpc) is 2.74. The van der Waals surface area contributed by atoms with E-state index in [0.717, 1.165) is 31.2 Å². The first kappa shape index (κ1) is 18.9. The van der Waals surface area contributed by atoms with Crippen LogP contribution in [0.3, 0.4) is 0 Å². The molecule has 1 aromatic carbocycles. The number of anilines is 1. The molecule has 0 aliphatic heterocycles. The van der Waals surface area contributed by atoms with E-state index in [1.54, 1.807) is 18.3 Å². The van der Waals surface area contributed by atoms with Gasteiger partial charge >= 0.3 is 0 Å². The van der Waals surface area contributed by atoms with Gasteiger partial charge in [-0.25, -0.2) is 4.98 Å². The Morgan fingerprint density at radius 3 is 2.61 bits per heavy atom. The second-order valence-corrected chi connectivity index (χ2v) is 8.11. The predicted octanol–water partition coefficient (Wildman–Crippen LogP) is 5.83. The number of nitrogens with one attached hydrogen (secondary N) is 1. The first-order valence-electron chi connectivity index (χ1n) is 9.88. The van der Waals surface area contributed by atoms with Crippen LogP contribution in [0.1, 0.15) is 44.1 Å². The van der Waals surface area contributed by atoms with Gasteiger partial charge in [0.25, 0.3) is 0 Å². The molecular weight excluding hydrogens is 370 g/mol. The molecule has 0 saturated heterocycles. The molecule has 0 radical (unpaired) electrons. The van der Waals surface area contributed by atoms with Crippen molar-refractivity contribution >= 4 is 34.2 Å². The number of para-hydroxylation sites is 1. The maximum Gasteiger partial charge on any atom is 0.228 e. The molecule has 5 heteroatoms. The van der Waals surface area contributed by atoms with Crippen molar-refractivity contribution < 1.29 is 4.79 Å². The smallest absolute Gasteiger partial charge is 0.228 e. The molecule has 0 bridgehead atoms. The van der Waals surface area contributed by atoms with Crippen LogP contribution in [0.2, 0.25) is 5.02 Å². The fourth-order valence-electron chi connectivity index (χ4n) is 4.31. The van der Waals surface area contributed by atoms with Crippen LogP contribution in [0.4, 0.5) is 5.82 Å². The Hall–Kier alpha value is -2.46. The number of carbonyl (C=O) groups is 1. The summed E-state index contributed by atoms with van der Waals surface area (Å²) in [5, 5.41) is 4.74. The Balaban J connectivity index is 1.39. The van der Waals surface area contributed by atoms with Gasteiger partial charge in [0.1, 0.15) is 5.82 Å². The summed E-state index contributed by atoms with van der Waals surface area (Å²) in [4.78, 5) is 21.3. The minimum Gasteiger partial charge on any atom is -0.310 e. The maximum absolute atomic E-state index is 12.6. The van der Waals surface area contributed by atoms with Crippen LogP contribution < -0.4 is 5.32 Å². The molecule has 0 spiro atoms. The lowest BCUT2D eigenvalue weighted by molar-refractivity contribution is -0.121. The molecule has 2 heterocycles. The molecule has 4 rings (SSSR count). The molecule has 3 aromatic rings. The van der Waals surface area contributed by atoms with Crippen LogP contribution in [0.5, 0.6) is 0 Å². The molecule has 1 aliphatic carbocycles. The third kappa shape index (κ3) is 4.02. The summed E-state index contributed by atoms with van der Waals surface area (Å²) in [5.74, 6) is 1.49. The molecule has 1 saturated carbocycles. The predicted molar refractivity (Wildman–Crippen MR) is 113 cm³/mol. The molecule has 1 fully saturated rings. The van der Waals surface area contributed by atoms with E-state index in [0.29, 0.717) is 22.7 Å². The third-order valence-corrected chi connectivity index (χ3v) is 6.22. The van der Waals surface area contributed by atoms with E-state index in [1.165, 1.54) is 10.9 Å². The Morgan fingerprint density at radius 2 is 1.86 bits per heavy atom. The van der Waals surface area contributed by atoms with Crippen molar-refractivity contribution in [2.24, 2.45) is 11.8 Å². The van der Waals surface area contributed by atoms with Gasteiger partial charge in [0.15, 0.2) is 0 Å². The quantitative estimate of drug-likeness (QED) is 0.606. The van der Waals surface area contributed by atoms with E-state index in [1.807, 2.05) is 19.2 Å². The number of nitrogens with zero attached hydrogens (tertiary/aromatic N) is 2. The van der Waals surface area contributed by atoms with E-state index >= 15 is 0 Å². The van der Waals surface area contributed by atoms with Crippen molar-refractivity contribution in [3.05, 3.63) is 65.4 Å². The summed E-state index contributed by atoms with van der Waals surface area (Å²) in [6.07, 6.45) is 7.80. The highest BCUT2D eigenvalue weighted by Gasteiger charge is 2.30. The van der Waals surface area contributed by atoms with Crippen LogP contribution >= 0.6 is 11.6 Å². The third-order valence-electron chi connectivity index (χ3n) is 5.99. The number of carbonyl (C=O) groups excluding carboxylic acids is 1. The topological polar surface area (TPSA) is 54.9 Å². The van der Waals surface area contributed by atoms with Crippen molar-refractivity contribution in [1.29, 1.82) is 0 Å². The summed E-state index contributed by atoms with van der Waals surface area (Å²) in [6, 6.07) is 14.0. The molecule has 144 valence electrons. The van der Waals surface area contributed by atoms with Crippen LogP contribution in [0.25, 0.3) is 10.9 Å². The van der Waals surface area contributed by atoms with Crippen LogP contribution in [-0.4, -0.2) is 15.9 Å². The van der Waals surface area contributed by atoms with Crippen LogP contribution in [0.15, 0.2) is 54.9 Å². The largest absolute Gasteiger partial charge is 0.310 e. The number of fused-ring (bicyclic) bond motifs is 1. The van der Waals surface area contributed by atoms with Gasteiger partial charge in [-0.2, -0.15) is 0 Å². The number of aromatic nitrogens is 2. The zero-order chi connectivity index (χ0) is 19.5. The normalized spacial score (nSPS) is 20.6. The first-order chi connectivity index (χ1) is 13.6. The summed E-state index contributed by atoms with van der Waals surface area (Å²) >= 11 is 5.85. The minimum atomic E-state index is -0.0346. The Kier molecular flexibility index (Phi) is 5.58. The number of rotatable bonds is 4. The summed E-state index contributed by atoms with van der Waals surface area (Å²) in [7, 11) is 0. The first-order valence-corrected chi connectivity index (χ1v) is 10.3. The zero-order valence-electron chi connectivity index (χ0n) is 15.9. The van der Waals surface area contributed by atoms with E-state index in [4.69, 9.17) is 11.6 Å². The summed E-state index contributed by atoms with van der Waals surface area (Å²) in [6.45, 7) is 2.03. The summed E-state index contributed by atoms with van der Waals surface area (Å²) in [5.41, 5.74) is 2.46. The van der Waals surface area contributed by atoms with E-state index < -0.39 is 0 Å². The maximum atomic E-state index is 12.6. The van der Waals surface area contributed by atoms with E-state index in [-0.39, 0.29) is 11.8 Å². The number of hydrogen-bond donors (Lipinski definition) is 1. The summed E-state index contributed by atoms with van der Waals surface area (Å²) < 4.78 is 0. The van der Waals surface area contributed by atoms with Crippen LogP contribution in [0, 0.1) is 11.8 Å².